The van der Waals surface area contributed by atoms with Crippen LogP contribution in [0.3, 0.4) is 0 Å². The van der Waals surface area contributed by atoms with Crippen LogP contribution in [0, 0.1) is 11.3 Å². The normalized spacial score (nSPS) is 11.6. The third-order valence-electron chi connectivity index (χ3n) is 7.14. The lowest BCUT2D eigenvalue weighted by Crippen LogP contribution is -2.40. The van der Waals surface area contributed by atoms with E-state index < -0.39 is 11.9 Å². The molecular weight excluding hydrogens is 680 g/mol. The van der Waals surface area contributed by atoms with Gasteiger partial charge in [0.15, 0.2) is 5.78 Å². The van der Waals surface area contributed by atoms with Gasteiger partial charge in [0, 0.05) is 11.1 Å². The number of aromatic amines is 1. The molecular formula is C35H21Cl4N5O3. The molecule has 0 saturated heterocycles. The fraction of sp³-hybridized carbons (Fsp3) is 0.0286. The van der Waals surface area contributed by atoms with Crippen molar-refractivity contribution in [2.45, 2.75) is 6.04 Å². The van der Waals surface area contributed by atoms with Gasteiger partial charge in [-0.3, -0.25) is 15.0 Å². The topological polar surface area (TPSA) is 120 Å². The Morgan fingerprint density at radius 1 is 0.766 bits per heavy atom. The second-order valence-electron chi connectivity index (χ2n) is 10.2. The lowest BCUT2D eigenvalue weighted by Gasteiger charge is -2.18. The predicted octanol–water partition coefficient (Wildman–Crippen LogP) is 9.37. The van der Waals surface area contributed by atoms with Crippen molar-refractivity contribution in [1.29, 1.82) is 5.26 Å². The molecule has 5 aromatic carbocycles. The number of halogens is 4. The Balaban J connectivity index is 1.30. The maximum Gasteiger partial charge on any atom is 0.267 e. The van der Waals surface area contributed by atoms with Gasteiger partial charge in [-0.2, -0.15) is 5.26 Å². The minimum Gasteiger partial charge on any atom is -0.457 e. The van der Waals surface area contributed by atoms with Gasteiger partial charge in [-0.05, 0) is 48.0 Å². The van der Waals surface area contributed by atoms with E-state index in [0.29, 0.717) is 39.2 Å². The van der Waals surface area contributed by atoms with Crippen LogP contribution in [0.4, 0.5) is 0 Å². The molecule has 47 heavy (non-hydrogen) atoms. The molecule has 0 saturated carbocycles. The monoisotopic (exact) mass is 699 g/mol. The first-order valence-electron chi connectivity index (χ1n) is 14.0. The van der Waals surface area contributed by atoms with E-state index in [1.165, 1.54) is 0 Å². The van der Waals surface area contributed by atoms with Crippen molar-refractivity contribution in [3.63, 3.8) is 0 Å². The Morgan fingerprint density at radius 2 is 1.45 bits per heavy atom. The molecule has 6 rings (SSSR count). The van der Waals surface area contributed by atoms with Crippen LogP contribution < -0.4 is 15.6 Å². The number of imidazole rings is 1. The molecule has 1 amide bonds. The van der Waals surface area contributed by atoms with Crippen LogP contribution in [-0.4, -0.2) is 21.7 Å². The first-order chi connectivity index (χ1) is 22.7. The zero-order valence-corrected chi connectivity index (χ0v) is 27.0. The van der Waals surface area contributed by atoms with Gasteiger partial charge < -0.3 is 9.72 Å². The Morgan fingerprint density at radius 3 is 2.17 bits per heavy atom. The second kappa shape index (κ2) is 13.9. The van der Waals surface area contributed by atoms with Crippen LogP contribution in [0.5, 0.6) is 11.5 Å². The SMILES string of the molecule is N#CC(NNC(=O)c1c(Cl)c(Cl)c(Cl)c(Cl)c1-c1nc2ccc(C(=O)c3ccccc3)cc2[nH]1)c1cccc(Oc2ccccc2)c1. The number of carbonyl (C=O) groups is 2. The molecule has 1 atom stereocenters. The van der Waals surface area contributed by atoms with Gasteiger partial charge in [-0.15, -0.1) is 0 Å². The van der Waals surface area contributed by atoms with Crippen LogP contribution in [0.2, 0.25) is 20.1 Å². The summed E-state index contributed by atoms with van der Waals surface area (Å²) in [6.07, 6.45) is 0. The standard InChI is InChI=1S/C35H21Cl4N5O3/c36-29-27(34-41-24-15-14-21(17-25(24)42-34)33(45)19-8-3-1-4-9-19)28(30(37)32(39)31(29)38)35(46)44-43-26(18-40)20-10-7-13-23(16-20)47-22-11-5-2-6-12-22/h1-17,26,43H,(H,41,42)(H,44,46). The summed E-state index contributed by atoms with van der Waals surface area (Å²) < 4.78 is 5.88. The number of hydrazine groups is 1. The Kier molecular flexibility index (Phi) is 9.45. The summed E-state index contributed by atoms with van der Waals surface area (Å²) >= 11 is 26.0. The second-order valence-corrected chi connectivity index (χ2v) is 11.7. The molecule has 3 N–H and O–H groups in total. The highest BCUT2D eigenvalue weighted by atomic mass is 35.5. The molecule has 0 aliphatic rings. The average molecular weight is 701 g/mol. The van der Waals surface area contributed by atoms with Crippen molar-refractivity contribution in [3.8, 4) is 29.0 Å². The van der Waals surface area contributed by atoms with E-state index in [0.717, 1.165) is 0 Å². The van der Waals surface area contributed by atoms with Crippen LogP contribution in [0.25, 0.3) is 22.4 Å². The van der Waals surface area contributed by atoms with Crippen molar-refractivity contribution in [1.82, 2.24) is 20.8 Å². The third kappa shape index (κ3) is 6.67. The van der Waals surface area contributed by atoms with Crippen molar-refractivity contribution >= 4 is 69.1 Å². The van der Waals surface area contributed by atoms with Crippen LogP contribution in [-0.2, 0) is 0 Å². The molecule has 1 heterocycles. The molecule has 0 bridgehead atoms. The van der Waals surface area contributed by atoms with Crippen LogP contribution in [0.1, 0.15) is 37.9 Å². The summed E-state index contributed by atoms with van der Waals surface area (Å²) in [6.45, 7) is 0. The average Bonchev–Trinajstić information content (AvgIpc) is 3.52. The summed E-state index contributed by atoms with van der Waals surface area (Å²) in [7, 11) is 0. The molecule has 8 nitrogen and oxygen atoms in total. The highest BCUT2D eigenvalue weighted by Gasteiger charge is 2.28. The number of para-hydroxylation sites is 1. The molecule has 1 unspecified atom stereocenters. The maximum atomic E-state index is 13.7. The van der Waals surface area contributed by atoms with Gasteiger partial charge in [0.05, 0.1) is 48.3 Å². The van der Waals surface area contributed by atoms with Gasteiger partial charge in [0.2, 0.25) is 0 Å². The summed E-state index contributed by atoms with van der Waals surface area (Å²) in [5, 5.41) is 9.47. The number of fused-ring (bicyclic) bond motifs is 1. The molecule has 0 spiro atoms. The molecule has 232 valence electrons. The summed E-state index contributed by atoms with van der Waals surface area (Å²) in [4.78, 5) is 34.5. The number of nitrogens with one attached hydrogen (secondary N) is 3. The van der Waals surface area contributed by atoms with Gasteiger partial charge in [0.1, 0.15) is 23.4 Å². The number of benzene rings is 5. The minimum atomic E-state index is -0.981. The number of hydrogen-bond donors (Lipinski definition) is 3. The smallest absolute Gasteiger partial charge is 0.267 e. The number of amides is 1. The lowest BCUT2D eigenvalue weighted by molar-refractivity contribution is 0.0929. The van der Waals surface area contributed by atoms with E-state index in [9.17, 15) is 14.9 Å². The fourth-order valence-corrected chi connectivity index (χ4v) is 5.89. The predicted molar refractivity (Wildman–Crippen MR) is 183 cm³/mol. The zero-order valence-electron chi connectivity index (χ0n) is 24.0. The minimum absolute atomic E-state index is 0.0734. The molecule has 0 fully saturated rings. The first kappa shape index (κ1) is 32.1. The number of rotatable bonds is 9. The van der Waals surface area contributed by atoms with Crippen molar-refractivity contribution in [2.24, 2.45) is 0 Å². The molecule has 0 radical (unpaired) electrons. The number of ketones is 1. The van der Waals surface area contributed by atoms with Gasteiger partial charge in [-0.1, -0.05) is 107 Å². The largest absolute Gasteiger partial charge is 0.457 e. The number of ether oxygens (including phenoxy) is 1. The fourth-order valence-electron chi connectivity index (χ4n) is 4.87. The van der Waals surface area contributed by atoms with Gasteiger partial charge in [0.25, 0.3) is 5.91 Å². The summed E-state index contributed by atoms with van der Waals surface area (Å²) in [5.74, 6) is 0.352. The Hall–Kier alpha value is -4.88. The van der Waals surface area contributed by atoms with Crippen LogP contribution in [0.15, 0.2) is 103 Å². The Labute approximate surface area is 288 Å². The molecule has 0 aliphatic carbocycles. The van der Waals surface area contributed by atoms with Crippen molar-refractivity contribution < 1.29 is 14.3 Å². The number of nitriles is 1. The van der Waals surface area contributed by atoms with Gasteiger partial charge in [-0.25, -0.2) is 10.4 Å². The van der Waals surface area contributed by atoms with E-state index >= 15 is 0 Å². The number of carbonyl (C=O) groups excluding carboxylic acids is 2. The quantitative estimate of drug-likeness (QED) is 0.0598. The van der Waals surface area contributed by atoms with E-state index in [-0.39, 0.29) is 42.8 Å². The number of nitrogens with zero attached hydrogens (tertiary/aromatic N) is 2. The van der Waals surface area contributed by atoms with E-state index in [2.05, 4.69) is 26.9 Å². The van der Waals surface area contributed by atoms with Crippen molar-refractivity contribution in [3.05, 3.63) is 145 Å². The van der Waals surface area contributed by atoms with E-state index in [1.54, 1.807) is 66.7 Å². The summed E-state index contributed by atoms with van der Waals surface area (Å²) in [6, 6.07) is 31.0. The third-order valence-corrected chi connectivity index (χ3v) is 8.94. The lowest BCUT2D eigenvalue weighted by atomic mass is 10.0. The van der Waals surface area contributed by atoms with Crippen LogP contribution >= 0.6 is 46.4 Å². The molecule has 6 aromatic rings. The van der Waals surface area contributed by atoms with E-state index in [4.69, 9.17) is 51.1 Å². The van der Waals surface area contributed by atoms with Crippen molar-refractivity contribution in [2.75, 3.05) is 0 Å². The molecule has 0 aliphatic heterocycles. The first-order valence-corrected chi connectivity index (χ1v) is 15.5. The zero-order chi connectivity index (χ0) is 33.1. The highest BCUT2D eigenvalue weighted by molar-refractivity contribution is 6.54. The molecule has 12 heteroatoms. The Bertz CT molecular complexity index is 2180. The maximum absolute atomic E-state index is 13.7. The van der Waals surface area contributed by atoms with E-state index in [1.807, 2.05) is 36.4 Å². The number of H-pyrrole nitrogens is 1. The number of aromatic nitrogens is 2. The highest BCUT2D eigenvalue weighted by Crippen LogP contribution is 2.45. The molecule has 1 aromatic heterocycles. The summed E-state index contributed by atoms with van der Waals surface area (Å²) in [5.41, 5.74) is 7.69. The van der Waals surface area contributed by atoms with Gasteiger partial charge >= 0.3 is 0 Å². The number of hydrogen-bond acceptors (Lipinski definition) is 6.